The number of carbonyl (C=O) groups excluding carboxylic acids is 1. The quantitative estimate of drug-likeness (QED) is 0.414. The number of benzene rings is 2. The molecule has 1 fully saturated rings. The summed E-state index contributed by atoms with van der Waals surface area (Å²) in [5.41, 5.74) is 5.08. The second-order valence-electron chi connectivity index (χ2n) is 9.67. The third-order valence-corrected chi connectivity index (χ3v) is 7.42. The smallest absolute Gasteiger partial charge is 0.223 e. The maximum absolute atomic E-state index is 13.9. The van der Waals surface area contributed by atoms with Crippen LogP contribution in [0.5, 0.6) is 0 Å². The summed E-state index contributed by atoms with van der Waals surface area (Å²) in [6.07, 6.45) is 1.45. The van der Waals surface area contributed by atoms with Crippen LogP contribution in [0.1, 0.15) is 41.1 Å². The number of aryl methyl sites for hydroxylation is 3. The van der Waals surface area contributed by atoms with Gasteiger partial charge in [0.1, 0.15) is 5.82 Å². The summed E-state index contributed by atoms with van der Waals surface area (Å²) < 4.78 is 16.2. The molecule has 1 saturated heterocycles. The molecule has 1 aliphatic rings. The molecule has 0 unspecified atom stereocenters. The van der Waals surface area contributed by atoms with Crippen LogP contribution >= 0.6 is 0 Å². The van der Waals surface area contributed by atoms with E-state index in [0.29, 0.717) is 5.56 Å². The number of anilines is 1. The lowest BCUT2D eigenvalue weighted by Crippen LogP contribution is -2.41. The number of hydrogen-bond donors (Lipinski definition) is 1. The lowest BCUT2D eigenvalue weighted by atomic mass is 9.95. The van der Waals surface area contributed by atoms with Crippen molar-refractivity contribution < 1.29 is 9.18 Å². The molecule has 2 aromatic heterocycles. The standard InChI is InChI=1S/C29H32FN5O/c1-19-26-20(2)35(18-22-9-5-4-6-10-22)21(3)27(26)28(33-32-19)34-15-13-23(14-16-34)29(36)31-17-24-11-7-8-12-25(24)30/h4-12,23H,13-18H2,1-3H3,(H,31,36). The molecule has 0 aliphatic carbocycles. The van der Waals surface area contributed by atoms with Gasteiger partial charge in [0, 0.05) is 59.8 Å². The molecule has 0 atom stereocenters. The normalized spacial score (nSPS) is 14.4. The number of nitrogens with one attached hydrogen (secondary N) is 1. The average molecular weight is 486 g/mol. The summed E-state index contributed by atoms with van der Waals surface area (Å²) >= 11 is 0. The molecule has 2 aromatic carbocycles. The molecule has 0 saturated carbocycles. The molecule has 1 aliphatic heterocycles. The van der Waals surface area contributed by atoms with Crippen LogP contribution in [0.2, 0.25) is 0 Å². The van der Waals surface area contributed by atoms with Crippen molar-refractivity contribution in [1.82, 2.24) is 20.1 Å². The van der Waals surface area contributed by atoms with Crippen LogP contribution in [-0.4, -0.2) is 33.8 Å². The number of aromatic nitrogens is 3. The van der Waals surface area contributed by atoms with Crippen molar-refractivity contribution in [3.05, 3.63) is 88.6 Å². The van der Waals surface area contributed by atoms with Crippen LogP contribution in [0.3, 0.4) is 0 Å². The van der Waals surface area contributed by atoms with Gasteiger partial charge in [-0.3, -0.25) is 4.79 Å². The minimum Gasteiger partial charge on any atom is -0.355 e. The van der Waals surface area contributed by atoms with E-state index in [1.807, 2.05) is 13.0 Å². The van der Waals surface area contributed by atoms with Crippen LogP contribution in [0.15, 0.2) is 54.6 Å². The summed E-state index contributed by atoms with van der Waals surface area (Å²) in [5, 5.41) is 14.4. The van der Waals surface area contributed by atoms with Crippen molar-refractivity contribution in [2.24, 2.45) is 5.92 Å². The van der Waals surface area contributed by atoms with E-state index in [2.05, 4.69) is 63.1 Å². The van der Waals surface area contributed by atoms with Gasteiger partial charge in [0.25, 0.3) is 0 Å². The van der Waals surface area contributed by atoms with Gasteiger partial charge in [-0.1, -0.05) is 48.5 Å². The summed E-state index contributed by atoms with van der Waals surface area (Å²) in [6.45, 7) is 8.80. The molecular formula is C29H32FN5O. The molecule has 0 spiro atoms. The van der Waals surface area contributed by atoms with Crippen LogP contribution in [-0.2, 0) is 17.9 Å². The predicted molar refractivity (Wildman–Crippen MR) is 140 cm³/mol. The minimum absolute atomic E-state index is 0.0147. The van der Waals surface area contributed by atoms with Gasteiger partial charge in [0.05, 0.1) is 5.69 Å². The fraction of sp³-hybridized carbons (Fsp3) is 0.345. The van der Waals surface area contributed by atoms with Crippen molar-refractivity contribution in [3.8, 4) is 0 Å². The van der Waals surface area contributed by atoms with Gasteiger partial charge in [-0.2, -0.15) is 5.10 Å². The third-order valence-electron chi connectivity index (χ3n) is 7.42. The fourth-order valence-electron chi connectivity index (χ4n) is 5.37. The monoisotopic (exact) mass is 485 g/mol. The number of fused-ring (bicyclic) bond motifs is 1. The van der Waals surface area contributed by atoms with E-state index >= 15 is 0 Å². The van der Waals surface area contributed by atoms with Gasteiger partial charge in [-0.25, -0.2) is 4.39 Å². The number of hydrogen-bond acceptors (Lipinski definition) is 4. The Kier molecular flexibility index (Phi) is 6.72. The van der Waals surface area contributed by atoms with E-state index in [0.717, 1.165) is 54.8 Å². The molecule has 0 radical (unpaired) electrons. The van der Waals surface area contributed by atoms with Crippen molar-refractivity contribution >= 4 is 22.5 Å². The van der Waals surface area contributed by atoms with E-state index in [1.54, 1.807) is 18.2 Å². The van der Waals surface area contributed by atoms with Crippen LogP contribution in [0.25, 0.3) is 10.8 Å². The highest BCUT2D eigenvalue weighted by Crippen LogP contribution is 2.35. The zero-order chi connectivity index (χ0) is 25.2. The largest absolute Gasteiger partial charge is 0.355 e. The first-order valence-electron chi connectivity index (χ1n) is 12.6. The Morgan fingerprint density at radius 2 is 1.61 bits per heavy atom. The average Bonchev–Trinajstić information content (AvgIpc) is 3.15. The second kappa shape index (κ2) is 10.1. The Labute approximate surface area is 211 Å². The summed E-state index contributed by atoms with van der Waals surface area (Å²) in [7, 11) is 0. The van der Waals surface area contributed by atoms with Gasteiger partial charge in [0.2, 0.25) is 5.91 Å². The van der Waals surface area contributed by atoms with Gasteiger partial charge >= 0.3 is 0 Å². The SMILES string of the molecule is Cc1nnc(N2CCC(C(=O)NCc3ccccc3F)CC2)c2c(C)n(Cc3ccccc3)c(C)c12. The molecular weight excluding hydrogens is 453 g/mol. The van der Waals surface area contributed by atoms with Crippen molar-refractivity contribution in [1.29, 1.82) is 0 Å². The second-order valence-corrected chi connectivity index (χ2v) is 9.67. The summed E-state index contributed by atoms with van der Waals surface area (Å²) in [4.78, 5) is 15.0. The number of carbonyl (C=O) groups is 1. The Bertz CT molecular complexity index is 1390. The Morgan fingerprint density at radius 3 is 2.33 bits per heavy atom. The molecule has 5 rings (SSSR count). The lowest BCUT2D eigenvalue weighted by Gasteiger charge is -2.32. The Balaban J connectivity index is 1.33. The van der Waals surface area contributed by atoms with Gasteiger partial charge in [-0.05, 0) is 45.2 Å². The van der Waals surface area contributed by atoms with Gasteiger partial charge in [-0.15, -0.1) is 5.10 Å². The maximum Gasteiger partial charge on any atom is 0.223 e. The van der Waals surface area contributed by atoms with E-state index in [1.165, 1.54) is 23.0 Å². The summed E-state index contributed by atoms with van der Waals surface area (Å²) in [6, 6.07) is 17.0. The molecule has 3 heterocycles. The van der Waals surface area contributed by atoms with Crippen LogP contribution in [0.4, 0.5) is 10.2 Å². The first-order chi connectivity index (χ1) is 17.4. The molecule has 1 N–H and O–H groups in total. The Hall–Kier alpha value is -3.74. The number of amides is 1. The molecule has 36 heavy (non-hydrogen) atoms. The van der Waals surface area contributed by atoms with Crippen molar-refractivity contribution in [2.75, 3.05) is 18.0 Å². The van der Waals surface area contributed by atoms with E-state index < -0.39 is 0 Å². The van der Waals surface area contributed by atoms with Crippen LogP contribution in [0, 0.1) is 32.5 Å². The topological polar surface area (TPSA) is 63.1 Å². The molecule has 186 valence electrons. The van der Waals surface area contributed by atoms with Crippen molar-refractivity contribution in [3.63, 3.8) is 0 Å². The fourth-order valence-corrected chi connectivity index (χ4v) is 5.37. The zero-order valence-corrected chi connectivity index (χ0v) is 21.1. The first kappa shape index (κ1) is 24.0. The van der Waals surface area contributed by atoms with E-state index in [4.69, 9.17) is 0 Å². The van der Waals surface area contributed by atoms with Crippen LogP contribution < -0.4 is 10.2 Å². The van der Waals surface area contributed by atoms with E-state index in [9.17, 15) is 9.18 Å². The first-order valence-corrected chi connectivity index (χ1v) is 12.6. The highest BCUT2D eigenvalue weighted by atomic mass is 19.1. The summed E-state index contributed by atoms with van der Waals surface area (Å²) in [5.74, 6) is 0.499. The van der Waals surface area contributed by atoms with E-state index in [-0.39, 0.29) is 24.2 Å². The highest BCUT2D eigenvalue weighted by Gasteiger charge is 2.28. The molecule has 0 bridgehead atoms. The number of halogens is 1. The third kappa shape index (κ3) is 4.57. The van der Waals surface area contributed by atoms with Gasteiger partial charge < -0.3 is 14.8 Å². The maximum atomic E-state index is 13.9. The van der Waals surface area contributed by atoms with Crippen molar-refractivity contribution in [2.45, 2.75) is 46.7 Å². The lowest BCUT2D eigenvalue weighted by molar-refractivity contribution is -0.125. The zero-order valence-electron chi connectivity index (χ0n) is 21.1. The molecule has 4 aromatic rings. The molecule has 7 heteroatoms. The minimum atomic E-state index is -0.292. The number of nitrogens with zero attached hydrogens (tertiary/aromatic N) is 4. The predicted octanol–water partition coefficient (Wildman–Crippen LogP) is 5.08. The number of piperidine rings is 1. The number of rotatable bonds is 6. The molecule has 6 nitrogen and oxygen atoms in total. The molecule has 1 amide bonds. The highest BCUT2D eigenvalue weighted by molar-refractivity contribution is 5.98. The van der Waals surface area contributed by atoms with Gasteiger partial charge in [0.15, 0.2) is 5.82 Å². The Morgan fingerprint density at radius 1 is 0.944 bits per heavy atom.